The molecule has 1 heterocycles. The minimum atomic E-state index is -0.161. The zero-order valence-electron chi connectivity index (χ0n) is 8.51. The Bertz CT molecular complexity index is 408. The Hall–Kier alpha value is -1.00. The molecule has 0 radical (unpaired) electrons. The molecule has 0 fully saturated rings. The van der Waals surface area contributed by atoms with Crippen LogP contribution in [0, 0.1) is 0 Å². The predicted octanol–water partition coefficient (Wildman–Crippen LogP) is 2.84. The van der Waals surface area contributed by atoms with Crippen LogP contribution in [-0.4, -0.2) is 17.3 Å². The second-order valence-electron chi connectivity index (χ2n) is 3.15. The zero-order chi connectivity index (χ0) is 10.7. The lowest BCUT2D eigenvalue weighted by atomic mass is 10.3. The van der Waals surface area contributed by atoms with E-state index in [2.05, 4.69) is 17.6 Å². The van der Waals surface area contributed by atoms with Gasteiger partial charge in [0.15, 0.2) is 5.58 Å². The predicted molar refractivity (Wildman–Crippen MR) is 62.2 cm³/mol. The van der Waals surface area contributed by atoms with Crippen molar-refractivity contribution in [2.24, 2.45) is 0 Å². The van der Waals surface area contributed by atoms with Crippen LogP contribution < -0.4 is 0 Å². The van der Waals surface area contributed by atoms with Gasteiger partial charge in [0, 0.05) is 12.4 Å². The molecule has 0 saturated carbocycles. The summed E-state index contributed by atoms with van der Waals surface area (Å²) in [5.74, 6) is 1.17. The fourth-order valence-electron chi connectivity index (χ4n) is 1.43. The molecule has 0 amide bonds. The van der Waals surface area contributed by atoms with Crippen LogP contribution in [0.1, 0.15) is 18.9 Å². The summed E-state index contributed by atoms with van der Waals surface area (Å²) in [6.07, 6.45) is -0.161. The van der Waals surface area contributed by atoms with Crippen LogP contribution >= 0.6 is 12.6 Å². The van der Waals surface area contributed by atoms with Crippen LogP contribution in [0.25, 0.3) is 11.1 Å². The lowest BCUT2D eigenvalue weighted by molar-refractivity contribution is 0.0614. The maximum Gasteiger partial charge on any atom is 0.225 e. The van der Waals surface area contributed by atoms with Crippen molar-refractivity contribution < 1.29 is 9.15 Å². The quantitative estimate of drug-likeness (QED) is 0.809. The Morgan fingerprint density at radius 2 is 2.27 bits per heavy atom. The average Bonchev–Trinajstić information content (AvgIpc) is 2.69. The number of ether oxygens (including phenoxy) is 1. The van der Waals surface area contributed by atoms with Crippen LogP contribution in [0.5, 0.6) is 0 Å². The van der Waals surface area contributed by atoms with E-state index in [4.69, 9.17) is 9.15 Å². The van der Waals surface area contributed by atoms with Gasteiger partial charge in [-0.2, -0.15) is 12.6 Å². The van der Waals surface area contributed by atoms with Crippen LogP contribution in [0.3, 0.4) is 0 Å². The molecule has 0 aliphatic carbocycles. The van der Waals surface area contributed by atoms with E-state index >= 15 is 0 Å². The van der Waals surface area contributed by atoms with E-state index in [1.165, 1.54) is 0 Å². The highest BCUT2D eigenvalue weighted by molar-refractivity contribution is 7.80. The maximum atomic E-state index is 5.59. The molecule has 1 aromatic heterocycles. The van der Waals surface area contributed by atoms with Gasteiger partial charge in [0.2, 0.25) is 5.89 Å². The molecule has 1 unspecified atom stereocenters. The van der Waals surface area contributed by atoms with Gasteiger partial charge < -0.3 is 9.15 Å². The third-order valence-corrected chi connectivity index (χ3v) is 2.45. The van der Waals surface area contributed by atoms with Crippen LogP contribution in [0.4, 0.5) is 0 Å². The zero-order valence-corrected chi connectivity index (χ0v) is 9.41. The Kier molecular flexibility index (Phi) is 3.28. The van der Waals surface area contributed by atoms with E-state index in [-0.39, 0.29) is 6.10 Å². The number of nitrogens with zero attached hydrogens (tertiary/aromatic N) is 1. The van der Waals surface area contributed by atoms with Crippen molar-refractivity contribution in [1.82, 2.24) is 4.98 Å². The molecule has 4 heteroatoms. The Morgan fingerprint density at radius 3 is 2.93 bits per heavy atom. The molecular formula is C11H13NO2S. The SMILES string of the molecule is CCOC(CS)c1nc2ccccc2o1. The largest absolute Gasteiger partial charge is 0.438 e. The molecule has 0 aliphatic heterocycles. The van der Waals surface area contributed by atoms with Crippen molar-refractivity contribution in [1.29, 1.82) is 0 Å². The van der Waals surface area contributed by atoms with Gasteiger partial charge in [0.1, 0.15) is 11.6 Å². The standard InChI is InChI=1S/C11H13NO2S/c1-2-13-10(7-15)11-12-8-5-3-4-6-9(8)14-11/h3-6,10,15H,2,7H2,1H3. The summed E-state index contributed by atoms with van der Waals surface area (Å²) in [7, 11) is 0. The summed E-state index contributed by atoms with van der Waals surface area (Å²) in [6, 6.07) is 7.68. The Labute approximate surface area is 93.9 Å². The van der Waals surface area contributed by atoms with E-state index in [1.54, 1.807) is 0 Å². The number of thiol groups is 1. The number of hydrogen-bond donors (Lipinski definition) is 1. The fraction of sp³-hybridized carbons (Fsp3) is 0.364. The minimum absolute atomic E-state index is 0.161. The topological polar surface area (TPSA) is 35.3 Å². The molecule has 0 aliphatic rings. The molecule has 0 spiro atoms. The smallest absolute Gasteiger partial charge is 0.225 e. The maximum absolute atomic E-state index is 5.59. The number of oxazole rings is 1. The monoisotopic (exact) mass is 223 g/mol. The van der Waals surface area contributed by atoms with Crippen molar-refractivity contribution in [2.75, 3.05) is 12.4 Å². The van der Waals surface area contributed by atoms with E-state index in [9.17, 15) is 0 Å². The summed E-state index contributed by atoms with van der Waals surface area (Å²) < 4.78 is 11.1. The van der Waals surface area contributed by atoms with Crippen molar-refractivity contribution >= 4 is 23.7 Å². The molecule has 0 bridgehead atoms. The summed E-state index contributed by atoms with van der Waals surface area (Å²) in [5, 5.41) is 0. The molecule has 2 rings (SSSR count). The number of fused-ring (bicyclic) bond motifs is 1. The molecule has 1 aromatic carbocycles. The number of benzene rings is 1. The first-order valence-electron chi connectivity index (χ1n) is 4.93. The first-order chi connectivity index (χ1) is 7.35. The molecule has 0 N–H and O–H groups in total. The van der Waals surface area contributed by atoms with Gasteiger partial charge in [-0.05, 0) is 19.1 Å². The third-order valence-electron chi connectivity index (χ3n) is 2.12. The number of aromatic nitrogens is 1. The summed E-state index contributed by atoms with van der Waals surface area (Å²) in [6.45, 7) is 2.57. The second-order valence-corrected chi connectivity index (χ2v) is 3.51. The number of hydrogen-bond acceptors (Lipinski definition) is 4. The average molecular weight is 223 g/mol. The van der Waals surface area contributed by atoms with Crippen molar-refractivity contribution in [3.8, 4) is 0 Å². The van der Waals surface area contributed by atoms with Crippen LogP contribution in [0.2, 0.25) is 0 Å². The van der Waals surface area contributed by atoms with Gasteiger partial charge in [0.25, 0.3) is 0 Å². The highest BCUT2D eigenvalue weighted by Gasteiger charge is 2.16. The molecule has 15 heavy (non-hydrogen) atoms. The van der Waals surface area contributed by atoms with Crippen molar-refractivity contribution in [2.45, 2.75) is 13.0 Å². The van der Waals surface area contributed by atoms with Crippen LogP contribution in [-0.2, 0) is 4.74 Å². The van der Waals surface area contributed by atoms with Crippen molar-refractivity contribution in [3.05, 3.63) is 30.2 Å². The van der Waals surface area contributed by atoms with E-state index in [0.717, 1.165) is 11.1 Å². The fourth-order valence-corrected chi connectivity index (χ4v) is 1.69. The van der Waals surface area contributed by atoms with Crippen molar-refractivity contribution in [3.63, 3.8) is 0 Å². The summed E-state index contributed by atoms with van der Waals surface area (Å²) in [5.41, 5.74) is 1.65. The van der Waals surface area contributed by atoms with Gasteiger partial charge in [-0.1, -0.05) is 12.1 Å². The van der Waals surface area contributed by atoms with E-state index in [1.807, 2.05) is 31.2 Å². The molecule has 2 aromatic rings. The molecule has 80 valence electrons. The molecular weight excluding hydrogens is 210 g/mol. The molecule has 3 nitrogen and oxygen atoms in total. The van der Waals surface area contributed by atoms with Gasteiger partial charge in [0.05, 0.1) is 0 Å². The highest BCUT2D eigenvalue weighted by Crippen LogP contribution is 2.23. The van der Waals surface area contributed by atoms with Gasteiger partial charge in [-0.15, -0.1) is 0 Å². The number of para-hydroxylation sites is 2. The van der Waals surface area contributed by atoms with Crippen LogP contribution in [0.15, 0.2) is 28.7 Å². The third kappa shape index (κ3) is 2.16. The molecule has 1 atom stereocenters. The first-order valence-corrected chi connectivity index (χ1v) is 5.56. The van der Waals surface area contributed by atoms with E-state index in [0.29, 0.717) is 18.3 Å². The summed E-state index contributed by atoms with van der Waals surface area (Å²) >= 11 is 4.22. The van der Waals surface area contributed by atoms with Gasteiger partial charge in [-0.3, -0.25) is 0 Å². The lowest BCUT2D eigenvalue weighted by Gasteiger charge is -2.09. The second kappa shape index (κ2) is 4.68. The highest BCUT2D eigenvalue weighted by atomic mass is 32.1. The van der Waals surface area contributed by atoms with Gasteiger partial charge >= 0.3 is 0 Å². The first kappa shape index (κ1) is 10.5. The summed E-state index contributed by atoms with van der Waals surface area (Å²) in [4.78, 5) is 4.36. The minimum Gasteiger partial charge on any atom is -0.438 e. The Morgan fingerprint density at radius 1 is 1.47 bits per heavy atom. The van der Waals surface area contributed by atoms with E-state index < -0.39 is 0 Å². The van der Waals surface area contributed by atoms with Gasteiger partial charge in [-0.25, -0.2) is 4.98 Å². The number of rotatable bonds is 4. The molecule has 0 saturated heterocycles. The Balaban J connectivity index is 2.34. The normalized spacial score (nSPS) is 13.2. The lowest BCUT2D eigenvalue weighted by Crippen LogP contribution is -2.05.